The van der Waals surface area contributed by atoms with E-state index in [9.17, 15) is 13.2 Å². The fraction of sp³-hybridized carbons (Fsp3) is 0.318. The molecule has 0 radical (unpaired) electrons. The fourth-order valence-electron chi connectivity index (χ4n) is 2.96. The first-order chi connectivity index (χ1) is 13.5. The van der Waals surface area contributed by atoms with Crippen LogP contribution in [0, 0.1) is 0 Å². The van der Waals surface area contributed by atoms with Crippen molar-refractivity contribution in [1.82, 2.24) is 4.98 Å². The number of anilines is 2. The van der Waals surface area contributed by atoms with Gasteiger partial charge in [-0.1, -0.05) is 50.5 Å². The Morgan fingerprint density at radius 1 is 0.964 bits per heavy atom. The van der Waals surface area contributed by atoms with Crippen molar-refractivity contribution in [1.29, 1.82) is 0 Å². The maximum atomic E-state index is 13.0. The quantitative estimate of drug-likeness (QED) is 0.424. The van der Waals surface area contributed by atoms with Gasteiger partial charge in [0, 0.05) is 17.1 Å². The van der Waals surface area contributed by atoms with Crippen molar-refractivity contribution >= 4 is 22.3 Å². The van der Waals surface area contributed by atoms with Gasteiger partial charge >= 0.3 is 6.18 Å². The zero-order chi connectivity index (χ0) is 20.0. The van der Waals surface area contributed by atoms with Gasteiger partial charge in [-0.25, -0.2) is 4.98 Å². The highest BCUT2D eigenvalue weighted by Crippen LogP contribution is 2.33. The fourth-order valence-corrected chi connectivity index (χ4v) is 2.96. The summed E-state index contributed by atoms with van der Waals surface area (Å²) in [5.41, 5.74) is 1.06. The Labute approximate surface area is 162 Å². The van der Waals surface area contributed by atoms with Crippen LogP contribution in [-0.4, -0.2) is 11.6 Å². The number of alkyl halides is 3. The Balaban J connectivity index is 1.85. The number of rotatable bonds is 8. The number of ether oxygens (including phenoxy) is 1. The zero-order valence-electron chi connectivity index (χ0n) is 15.7. The maximum absolute atomic E-state index is 13.0. The van der Waals surface area contributed by atoms with Crippen molar-refractivity contribution in [2.24, 2.45) is 0 Å². The summed E-state index contributed by atoms with van der Waals surface area (Å²) >= 11 is 0. The Kier molecular flexibility index (Phi) is 6.39. The van der Waals surface area contributed by atoms with Gasteiger partial charge in [0.05, 0.1) is 23.4 Å². The minimum absolute atomic E-state index is 0.361. The number of fused-ring (bicyclic) bond motifs is 1. The summed E-state index contributed by atoms with van der Waals surface area (Å²) < 4.78 is 44.8. The van der Waals surface area contributed by atoms with Crippen LogP contribution in [0.3, 0.4) is 0 Å². The molecule has 0 fully saturated rings. The highest BCUT2D eigenvalue weighted by Gasteiger charge is 2.30. The van der Waals surface area contributed by atoms with Gasteiger partial charge in [-0.2, -0.15) is 13.2 Å². The van der Waals surface area contributed by atoms with Crippen molar-refractivity contribution in [2.75, 3.05) is 11.9 Å². The van der Waals surface area contributed by atoms with Crippen LogP contribution in [-0.2, 0) is 6.18 Å². The predicted octanol–water partition coefficient (Wildman–Crippen LogP) is 6.96. The van der Waals surface area contributed by atoms with Crippen molar-refractivity contribution in [2.45, 2.75) is 38.8 Å². The number of hydrogen-bond acceptors (Lipinski definition) is 3. The van der Waals surface area contributed by atoms with Gasteiger partial charge in [0.25, 0.3) is 0 Å². The smallest absolute Gasteiger partial charge is 0.416 e. The lowest BCUT2D eigenvalue weighted by atomic mass is 10.1. The molecule has 0 atom stereocenters. The third-order valence-corrected chi connectivity index (χ3v) is 4.41. The van der Waals surface area contributed by atoms with Crippen LogP contribution in [0.2, 0.25) is 0 Å². The normalized spacial score (nSPS) is 11.6. The van der Waals surface area contributed by atoms with E-state index in [1.54, 1.807) is 12.1 Å². The Morgan fingerprint density at radius 2 is 1.79 bits per heavy atom. The van der Waals surface area contributed by atoms with Crippen LogP contribution in [0.1, 0.15) is 38.2 Å². The summed E-state index contributed by atoms with van der Waals surface area (Å²) in [4.78, 5) is 4.51. The minimum Gasteiger partial charge on any atom is -0.478 e. The van der Waals surface area contributed by atoms with Crippen LogP contribution >= 0.6 is 0 Å². The lowest BCUT2D eigenvalue weighted by Gasteiger charge is -2.14. The van der Waals surface area contributed by atoms with E-state index in [0.717, 1.165) is 48.7 Å². The third-order valence-electron chi connectivity index (χ3n) is 4.41. The van der Waals surface area contributed by atoms with Crippen molar-refractivity contribution in [3.05, 3.63) is 60.2 Å². The highest BCUT2D eigenvalue weighted by molar-refractivity contribution is 5.93. The van der Waals surface area contributed by atoms with Crippen LogP contribution in [0.5, 0.6) is 5.88 Å². The van der Waals surface area contributed by atoms with E-state index in [1.165, 1.54) is 6.07 Å². The predicted molar refractivity (Wildman–Crippen MR) is 106 cm³/mol. The van der Waals surface area contributed by atoms with E-state index >= 15 is 0 Å². The summed E-state index contributed by atoms with van der Waals surface area (Å²) in [6.07, 6.45) is -0.0287. The van der Waals surface area contributed by atoms with Crippen molar-refractivity contribution in [3.63, 3.8) is 0 Å². The second-order valence-electron chi connectivity index (χ2n) is 6.64. The molecule has 6 heteroatoms. The summed E-state index contributed by atoms with van der Waals surface area (Å²) in [7, 11) is 0. The summed E-state index contributed by atoms with van der Waals surface area (Å²) in [6, 6.07) is 14.4. The van der Waals surface area contributed by atoms with Crippen LogP contribution in [0.25, 0.3) is 10.9 Å². The molecule has 1 N–H and O–H groups in total. The lowest BCUT2D eigenvalue weighted by molar-refractivity contribution is -0.137. The number of benzene rings is 2. The third kappa shape index (κ3) is 5.15. The number of nitrogens with one attached hydrogen (secondary N) is 1. The second kappa shape index (κ2) is 8.95. The lowest BCUT2D eigenvalue weighted by Crippen LogP contribution is -2.05. The molecule has 0 aliphatic carbocycles. The van der Waals surface area contributed by atoms with E-state index in [0.29, 0.717) is 23.9 Å². The van der Waals surface area contributed by atoms with Gasteiger partial charge in [-0.05, 0) is 30.7 Å². The SMILES string of the molecule is CCCCCCOc1cc(Nc2cccc(C(F)(F)F)c2)c2ccccc2n1. The molecule has 1 heterocycles. The molecule has 28 heavy (non-hydrogen) atoms. The number of unbranched alkanes of at least 4 members (excludes halogenated alkanes) is 3. The molecule has 0 unspecified atom stereocenters. The number of halogens is 3. The molecule has 0 amide bonds. The first kappa shape index (κ1) is 20.0. The number of aromatic nitrogens is 1. The van der Waals surface area contributed by atoms with Crippen LogP contribution < -0.4 is 10.1 Å². The first-order valence-corrected chi connectivity index (χ1v) is 9.44. The molecular weight excluding hydrogens is 365 g/mol. The van der Waals surface area contributed by atoms with Crippen molar-refractivity contribution < 1.29 is 17.9 Å². The first-order valence-electron chi connectivity index (χ1n) is 9.44. The van der Waals surface area contributed by atoms with Gasteiger partial charge in [0.2, 0.25) is 5.88 Å². The zero-order valence-corrected chi connectivity index (χ0v) is 15.7. The van der Waals surface area contributed by atoms with Crippen LogP contribution in [0.15, 0.2) is 54.6 Å². The molecule has 1 aromatic heterocycles. The molecule has 3 aromatic rings. The largest absolute Gasteiger partial charge is 0.478 e. The summed E-state index contributed by atoms with van der Waals surface area (Å²) in [5, 5.41) is 3.91. The van der Waals surface area contributed by atoms with Gasteiger partial charge in [0.1, 0.15) is 0 Å². The molecule has 3 nitrogen and oxygen atoms in total. The Morgan fingerprint density at radius 3 is 2.57 bits per heavy atom. The van der Waals surface area contributed by atoms with Gasteiger partial charge in [0.15, 0.2) is 0 Å². The maximum Gasteiger partial charge on any atom is 0.416 e. The number of nitrogens with zero attached hydrogens (tertiary/aromatic N) is 1. The highest BCUT2D eigenvalue weighted by atomic mass is 19.4. The average molecular weight is 388 g/mol. The van der Waals surface area contributed by atoms with E-state index in [4.69, 9.17) is 4.74 Å². The molecule has 2 aromatic carbocycles. The standard InChI is InChI=1S/C22H23F3N2O/c1-2-3-4-7-13-28-21-15-20(18-11-5-6-12-19(18)27-21)26-17-10-8-9-16(14-17)22(23,24)25/h5-6,8-12,14-15H,2-4,7,13H2,1H3,(H,26,27). The van der Waals surface area contributed by atoms with Crippen LogP contribution in [0.4, 0.5) is 24.5 Å². The van der Waals surface area contributed by atoms with Crippen molar-refractivity contribution in [3.8, 4) is 5.88 Å². The summed E-state index contributed by atoms with van der Waals surface area (Å²) in [5.74, 6) is 0.463. The van der Waals surface area contributed by atoms with Gasteiger partial charge in [-0.3, -0.25) is 0 Å². The molecule has 0 aliphatic rings. The number of para-hydroxylation sites is 1. The van der Waals surface area contributed by atoms with Gasteiger partial charge in [-0.15, -0.1) is 0 Å². The molecule has 0 saturated carbocycles. The summed E-state index contributed by atoms with van der Waals surface area (Å²) in [6.45, 7) is 2.71. The second-order valence-corrected chi connectivity index (χ2v) is 6.64. The molecule has 0 saturated heterocycles. The monoisotopic (exact) mass is 388 g/mol. The molecule has 0 bridgehead atoms. The van der Waals surface area contributed by atoms with E-state index in [2.05, 4.69) is 17.2 Å². The molecule has 0 spiro atoms. The topological polar surface area (TPSA) is 34.1 Å². The Bertz CT molecular complexity index is 925. The minimum atomic E-state index is -4.38. The van der Waals surface area contributed by atoms with E-state index in [-0.39, 0.29) is 0 Å². The van der Waals surface area contributed by atoms with Gasteiger partial charge < -0.3 is 10.1 Å². The molecule has 148 valence electrons. The average Bonchev–Trinajstić information content (AvgIpc) is 2.67. The molecule has 3 rings (SSSR count). The number of hydrogen-bond donors (Lipinski definition) is 1. The van der Waals surface area contributed by atoms with E-state index < -0.39 is 11.7 Å². The number of pyridine rings is 1. The molecular formula is C22H23F3N2O. The molecule has 0 aliphatic heterocycles. The van der Waals surface area contributed by atoms with E-state index in [1.807, 2.05) is 24.3 Å². The Hall–Kier alpha value is -2.76.